The molecular weight excluding hydrogens is 297 g/mol. The number of halogens is 2. The molecule has 0 radical (unpaired) electrons. The first-order valence-electron chi connectivity index (χ1n) is 6.09. The van der Waals surface area contributed by atoms with Gasteiger partial charge in [0.15, 0.2) is 0 Å². The minimum absolute atomic E-state index is 0.271. The van der Waals surface area contributed by atoms with Gasteiger partial charge in [0.2, 0.25) is 0 Å². The maximum atomic E-state index is 12.3. The zero-order valence-corrected chi connectivity index (χ0v) is 12.3. The lowest BCUT2D eigenvalue weighted by atomic mass is 10.2. The summed E-state index contributed by atoms with van der Waals surface area (Å²) in [7, 11) is 0. The topological polar surface area (TPSA) is 38.3 Å². The number of ether oxygens (including phenoxy) is 1. The van der Waals surface area contributed by atoms with Crippen LogP contribution in [-0.4, -0.2) is 12.5 Å². The molecule has 0 aliphatic carbocycles. The summed E-state index contributed by atoms with van der Waals surface area (Å²) in [6.07, 6.45) is 0. The van der Waals surface area contributed by atoms with Gasteiger partial charge < -0.3 is 10.1 Å². The quantitative estimate of drug-likeness (QED) is 0.893. The minimum Gasteiger partial charge on any atom is -0.493 e. The molecule has 0 aliphatic rings. The Balaban J connectivity index is 2.23. The number of hydrogen-bond acceptors (Lipinski definition) is 2. The second-order valence-corrected chi connectivity index (χ2v) is 4.91. The van der Waals surface area contributed by atoms with E-state index in [1.54, 1.807) is 36.4 Å². The highest BCUT2D eigenvalue weighted by Crippen LogP contribution is 2.24. The van der Waals surface area contributed by atoms with Crippen molar-refractivity contribution in [3.8, 4) is 5.75 Å². The number of benzene rings is 2. The van der Waals surface area contributed by atoms with Crippen molar-refractivity contribution in [1.29, 1.82) is 0 Å². The Morgan fingerprint density at radius 3 is 2.45 bits per heavy atom. The summed E-state index contributed by atoms with van der Waals surface area (Å²) in [6.45, 7) is 2.36. The maximum absolute atomic E-state index is 12.3. The zero-order valence-electron chi connectivity index (χ0n) is 10.8. The number of para-hydroxylation sites is 1. The SMILES string of the molecule is CCOc1ccccc1C(=O)Nc1cc(Cl)cc(Cl)c1. The van der Waals surface area contributed by atoms with Crippen molar-refractivity contribution in [2.45, 2.75) is 6.92 Å². The van der Waals surface area contributed by atoms with Crippen LogP contribution in [0.5, 0.6) is 5.75 Å². The van der Waals surface area contributed by atoms with Crippen molar-refractivity contribution in [3.05, 3.63) is 58.1 Å². The van der Waals surface area contributed by atoms with Crippen LogP contribution in [0, 0.1) is 0 Å². The van der Waals surface area contributed by atoms with Crippen molar-refractivity contribution in [1.82, 2.24) is 0 Å². The van der Waals surface area contributed by atoms with E-state index in [0.29, 0.717) is 33.7 Å². The molecule has 0 fully saturated rings. The fraction of sp³-hybridized carbons (Fsp3) is 0.133. The van der Waals surface area contributed by atoms with Gasteiger partial charge in [0.05, 0.1) is 12.2 Å². The predicted molar refractivity (Wildman–Crippen MR) is 82.0 cm³/mol. The summed E-state index contributed by atoms with van der Waals surface area (Å²) < 4.78 is 5.43. The molecule has 0 heterocycles. The number of rotatable bonds is 4. The number of carbonyl (C=O) groups excluding carboxylic acids is 1. The molecule has 0 saturated carbocycles. The van der Waals surface area contributed by atoms with Crippen LogP contribution in [-0.2, 0) is 0 Å². The van der Waals surface area contributed by atoms with Gasteiger partial charge in [-0.2, -0.15) is 0 Å². The molecule has 0 spiro atoms. The molecule has 1 N–H and O–H groups in total. The van der Waals surface area contributed by atoms with Crippen LogP contribution in [0.4, 0.5) is 5.69 Å². The first-order chi connectivity index (χ1) is 9.60. The van der Waals surface area contributed by atoms with Gasteiger partial charge in [-0.3, -0.25) is 4.79 Å². The third-order valence-electron chi connectivity index (χ3n) is 2.55. The smallest absolute Gasteiger partial charge is 0.259 e. The van der Waals surface area contributed by atoms with Gasteiger partial charge in [-0.15, -0.1) is 0 Å². The van der Waals surface area contributed by atoms with Gasteiger partial charge in [-0.05, 0) is 37.3 Å². The molecule has 0 atom stereocenters. The van der Waals surface area contributed by atoms with Crippen LogP contribution in [0.1, 0.15) is 17.3 Å². The Labute approximate surface area is 127 Å². The van der Waals surface area contributed by atoms with E-state index in [-0.39, 0.29) is 5.91 Å². The van der Waals surface area contributed by atoms with Crippen LogP contribution in [0.2, 0.25) is 10.0 Å². The van der Waals surface area contributed by atoms with E-state index in [9.17, 15) is 4.79 Å². The second-order valence-electron chi connectivity index (χ2n) is 4.04. The van der Waals surface area contributed by atoms with Crippen LogP contribution in [0.3, 0.4) is 0 Å². The maximum Gasteiger partial charge on any atom is 0.259 e. The van der Waals surface area contributed by atoms with E-state index in [2.05, 4.69) is 5.32 Å². The first-order valence-corrected chi connectivity index (χ1v) is 6.85. The van der Waals surface area contributed by atoms with E-state index < -0.39 is 0 Å². The molecule has 3 nitrogen and oxygen atoms in total. The van der Waals surface area contributed by atoms with Crippen molar-refractivity contribution in [2.75, 3.05) is 11.9 Å². The number of amides is 1. The number of nitrogens with one attached hydrogen (secondary N) is 1. The fourth-order valence-electron chi connectivity index (χ4n) is 1.76. The molecule has 1 amide bonds. The molecule has 2 rings (SSSR count). The number of hydrogen-bond donors (Lipinski definition) is 1. The summed E-state index contributed by atoms with van der Waals surface area (Å²) in [5.74, 6) is 0.271. The van der Waals surface area contributed by atoms with Crippen LogP contribution >= 0.6 is 23.2 Å². The van der Waals surface area contributed by atoms with Gasteiger partial charge in [0.25, 0.3) is 5.91 Å². The molecule has 0 bridgehead atoms. The number of anilines is 1. The van der Waals surface area contributed by atoms with E-state index in [1.807, 2.05) is 13.0 Å². The predicted octanol–water partition coefficient (Wildman–Crippen LogP) is 4.64. The fourth-order valence-corrected chi connectivity index (χ4v) is 2.29. The molecule has 0 aliphatic heterocycles. The highest BCUT2D eigenvalue weighted by atomic mass is 35.5. The molecule has 5 heteroatoms. The minimum atomic E-state index is -0.271. The van der Waals surface area contributed by atoms with Crippen molar-refractivity contribution in [2.24, 2.45) is 0 Å². The number of carbonyl (C=O) groups is 1. The van der Waals surface area contributed by atoms with E-state index in [4.69, 9.17) is 27.9 Å². The third-order valence-corrected chi connectivity index (χ3v) is 2.99. The Morgan fingerprint density at radius 2 is 1.80 bits per heavy atom. The zero-order chi connectivity index (χ0) is 14.5. The Kier molecular flexibility index (Phi) is 4.88. The van der Waals surface area contributed by atoms with Crippen LogP contribution in [0.15, 0.2) is 42.5 Å². The van der Waals surface area contributed by atoms with Gasteiger partial charge in [0, 0.05) is 15.7 Å². The molecule has 20 heavy (non-hydrogen) atoms. The average Bonchev–Trinajstić information content (AvgIpc) is 2.38. The van der Waals surface area contributed by atoms with E-state index in [0.717, 1.165) is 0 Å². The highest BCUT2D eigenvalue weighted by Gasteiger charge is 2.12. The molecule has 2 aromatic rings. The van der Waals surface area contributed by atoms with Gasteiger partial charge >= 0.3 is 0 Å². The van der Waals surface area contributed by atoms with E-state index in [1.165, 1.54) is 0 Å². The van der Waals surface area contributed by atoms with Crippen molar-refractivity contribution in [3.63, 3.8) is 0 Å². The summed E-state index contributed by atoms with van der Waals surface area (Å²) >= 11 is 11.8. The molecule has 104 valence electrons. The molecular formula is C15H13Cl2NO2. The largest absolute Gasteiger partial charge is 0.493 e. The third kappa shape index (κ3) is 3.65. The second kappa shape index (κ2) is 6.64. The standard InChI is InChI=1S/C15H13Cl2NO2/c1-2-20-14-6-4-3-5-13(14)15(19)18-12-8-10(16)7-11(17)9-12/h3-9H,2H2,1H3,(H,18,19). The van der Waals surface area contributed by atoms with E-state index >= 15 is 0 Å². The molecule has 0 saturated heterocycles. The summed E-state index contributed by atoms with van der Waals surface area (Å²) in [5.41, 5.74) is 1.00. The molecule has 0 unspecified atom stereocenters. The summed E-state index contributed by atoms with van der Waals surface area (Å²) in [6, 6.07) is 11.9. The Morgan fingerprint density at radius 1 is 1.15 bits per heavy atom. The molecule has 0 aromatic heterocycles. The first kappa shape index (κ1) is 14.7. The Bertz CT molecular complexity index is 609. The van der Waals surface area contributed by atoms with Gasteiger partial charge in [0.1, 0.15) is 5.75 Å². The Hall–Kier alpha value is -1.71. The van der Waals surface area contributed by atoms with Crippen molar-refractivity contribution < 1.29 is 9.53 Å². The van der Waals surface area contributed by atoms with Gasteiger partial charge in [-0.25, -0.2) is 0 Å². The van der Waals surface area contributed by atoms with Crippen LogP contribution in [0.25, 0.3) is 0 Å². The molecule has 2 aromatic carbocycles. The lowest BCUT2D eigenvalue weighted by molar-refractivity contribution is 0.102. The lowest BCUT2D eigenvalue weighted by Crippen LogP contribution is -2.13. The summed E-state index contributed by atoms with van der Waals surface area (Å²) in [4.78, 5) is 12.3. The van der Waals surface area contributed by atoms with Crippen molar-refractivity contribution >= 4 is 34.8 Å². The monoisotopic (exact) mass is 309 g/mol. The summed E-state index contributed by atoms with van der Waals surface area (Å²) in [5, 5.41) is 3.68. The van der Waals surface area contributed by atoms with Gasteiger partial charge in [-0.1, -0.05) is 35.3 Å². The average molecular weight is 310 g/mol. The normalized spacial score (nSPS) is 10.2. The highest BCUT2D eigenvalue weighted by molar-refractivity contribution is 6.35. The lowest BCUT2D eigenvalue weighted by Gasteiger charge is -2.10. The van der Waals surface area contributed by atoms with Crippen LogP contribution < -0.4 is 10.1 Å².